The van der Waals surface area contributed by atoms with Crippen molar-refractivity contribution in [1.29, 1.82) is 0 Å². The number of nitrogens with zero attached hydrogens (tertiary/aromatic N) is 1. The van der Waals surface area contributed by atoms with Crippen molar-refractivity contribution in [3.63, 3.8) is 0 Å². The Bertz CT molecular complexity index is 902. The highest BCUT2D eigenvalue weighted by Crippen LogP contribution is 2.28. The zero-order valence-corrected chi connectivity index (χ0v) is 17.8. The molecular formula is C20H25ClN2O4S. The molecule has 0 bridgehead atoms. The molecule has 1 N–H and O–H groups in total. The van der Waals surface area contributed by atoms with Gasteiger partial charge in [-0.15, -0.1) is 0 Å². The summed E-state index contributed by atoms with van der Waals surface area (Å²) in [5, 5.41) is 2.82. The van der Waals surface area contributed by atoms with Crippen LogP contribution in [-0.2, 0) is 14.8 Å². The average molecular weight is 425 g/mol. The highest BCUT2D eigenvalue weighted by molar-refractivity contribution is 7.93. The third kappa shape index (κ3) is 5.70. The Morgan fingerprint density at radius 1 is 1.18 bits per heavy atom. The fourth-order valence-electron chi connectivity index (χ4n) is 2.46. The molecule has 2 rings (SSSR count). The van der Waals surface area contributed by atoms with E-state index in [2.05, 4.69) is 5.32 Å². The fourth-order valence-corrected chi connectivity index (χ4v) is 4.16. The van der Waals surface area contributed by atoms with Crippen LogP contribution in [0, 0.1) is 0 Å². The molecule has 0 atom stereocenters. The van der Waals surface area contributed by atoms with Crippen LogP contribution in [-0.4, -0.2) is 40.6 Å². The molecule has 2 aromatic carbocycles. The van der Waals surface area contributed by atoms with Crippen molar-refractivity contribution in [1.82, 2.24) is 5.32 Å². The molecule has 0 spiro atoms. The van der Waals surface area contributed by atoms with Gasteiger partial charge in [0.2, 0.25) is 0 Å². The number of amides is 1. The number of benzene rings is 2. The Kier molecular flexibility index (Phi) is 7.86. The van der Waals surface area contributed by atoms with Crippen LogP contribution >= 0.6 is 11.6 Å². The maximum Gasteiger partial charge on any atom is 0.265 e. The zero-order chi connectivity index (χ0) is 20.7. The normalized spacial score (nSPS) is 11.5. The highest BCUT2D eigenvalue weighted by Gasteiger charge is 2.25. The summed E-state index contributed by atoms with van der Waals surface area (Å²) in [7, 11) is -2.47. The first-order valence-corrected chi connectivity index (χ1v) is 10.8. The molecule has 0 heterocycles. The number of carbonyl (C=O) groups excluding carboxylic acids is 1. The standard InChI is InChI=1S/C20H25ClN2O4S/c1-15(2)27-13-7-12-22-20(24)16-10-11-18(21)19(14-16)28(25,26)23(3)17-8-5-4-6-9-17/h4-6,8-11,14-15H,7,12-13H2,1-3H3,(H,22,24). The van der Waals surface area contributed by atoms with Crippen molar-refractivity contribution >= 4 is 33.2 Å². The molecular weight excluding hydrogens is 400 g/mol. The molecule has 2 aromatic rings. The number of carbonyl (C=O) groups is 1. The number of nitrogens with one attached hydrogen (secondary N) is 1. The maximum atomic E-state index is 13.0. The minimum Gasteiger partial charge on any atom is -0.379 e. The number of para-hydroxylation sites is 1. The van der Waals surface area contributed by atoms with Gasteiger partial charge in [-0.3, -0.25) is 9.10 Å². The van der Waals surface area contributed by atoms with Crippen LogP contribution in [0.4, 0.5) is 5.69 Å². The van der Waals surface area contributed by atoms with Gasteiger partial charge in [-0.2, -0.15) is 0 Å². The summed E-state index contributed by atoms with van der Waals surface area (Å²) in [6.07, 6.45) is 0.806. The summed E-state index contributed by atoms with van der Waals surface area (Å²) >= 11 is 6.14. The lowest BCUT2D eigenvalue weighted by atomic mass is 10.2. The molecule has 0 saturated carbocycles. The Morgan fingerprint density at radius 2 is 1.86 bits per heavy atom. The molecule has 0 aliphatic rings. The quantitative estimate of drug-likeness (QED) is 0.622. The first kappa shape index (κ1) is 22.2. The summed E-state index contributed by atoms with van der Waals surface area (Å²) < 4.78 is 32.5. The third-order valence-electron chi connectivity index (χ3n) is 4.01. The molecule has 1 amide bonds. The molecule has 0 aliphatic heterocycles. The van der Waals surface area contributed by atoms with E-state index in [4.69, 9.17) is 16.3 Å². The van der Waals surface area contributed by atoms with Crippen LogP contribution in [0.3, 0.4) is 0 Å². The second-order valence-electron chi connectivity index (χ2n) is 6.48. The molecule has 8 heteroatoms. The lowest BCUT2D eigenvalue weighted by Crippen LogP contribution is -2.28. The summed E-state index contributed by atoms with van der Waals surface area (Å²) in [5.41, 5.74) is 0.729. The molecule has 152 valence electrons. The van der Waals surface area contributed by atoms with E-state index in [1.807, 2.05) is 13.8 Å². The van der Waals surface area contributed by atoms with Gasteiger partial charge >= 0.3 is 0 Å². The van der Waals surface area contributed by atoms with Crippen molar-refractivity contribution in [2.45, 2.75) is 31.3 Å². The Hall–Kier alpha value is -2.09. The summed E-state index contributed by atoms with van der Waals surface area (Å²) in [6, 6.07) is 12.9. The lowest BCUT2D eigenvalue weighted by molar-refractivity contribution is 0.0757. The predicted molar refractivity (Wildman–Crippen MR) is 112 cm³/mol. The van der Waals surface area contributed by atoms with Crippen LogP contribution in [0.1, 0.15) is 30.6 Å². The minimum atomic E-state index is -3.92. The summed E-state index contributed by atoms with van der Waals surface area (Å²) in [4.78, 5) is 12.3. The topological polar surface area (TPSA) is 75.7 Å². The maximum absolute atomic E-state index is 13.0. The van der Waals surface area contributed by atoms with Gasteiger partial charge in [0.15, 0.2) is 0 Å². The largest absolute Gasteiger partial charge is 0.379 e. The third-order valence-corrected chi connectivity index (χ3v) is 6.28. The number of anilines is 1. The van der Waals surface area contributed by atoms with Gasteiger partial charge in [0.25, 0.3) is 15.9 Å². The van der Waals surface area contributed by atoms with Crippen LogP contribution < -0.4 is 9.62 Å². The summed E-state index contributed by atoms with van der Waals surface area (Å²) in [6.45, 7) is 4.86. The van der Waals surface area contributed by atoms with Crippen molar-refractivity contribution < 1.29 is 17.9 Å². The van der Waals surface area contributed by atoms with E-state index >= 15 is 0 Å². The van der Waals surface area contributed by atoms with E-state index in [1.165, 1.54) is 25.2 Å². The number of halogens is 1. The smallest absolute Gasteiger partial charge is 0.265 e. The Morgan fingerprint density at radius 3 is 2.50 bits per heavy atom. The van der Waals surface area contributed by atoms with Gasteiger partial charge in [0.05, 0.1) is 16.8 Å². The van der Waals surface area contributed by atoms with Crippen molar-refractivity contribution in [3.05, 3.63) is 59.1 Å². The van der Waals surface area contributed by atoms with Crippen molar-refractivity contribution in [3.8, 4) is 0 Å². The number of hydrogen-bond donors (Lipinski definition) is 1. The monoisotopic (exact) mass is 424 g/mol. The molecule has 28 heavy (non-hydrogen) atoms. The molecule has 0 unspecified atom stereocenters. The molecule has 0 aromatic heterocycles. The van der Waals surface area contributed by atoms with Crippen LogP contribution in [0.2, 0.25) is 5.02 Å². The second-order valence-corrected chi connectivity index (χ2v) is 8.83. The molecule has 0 fully saturated rings. The van der Waals surface area contributed by atoms with Gasteiger partial charge in [0, 0.05) is 25.8 Å². The van der Waals surface area contributed by atoms with E-state index in [9.17, 15) is 13.2 Å². The second kappa shape index (κ2) is 9.91. The number of hydrogen-bond acceptors (Lipinski definition) is 4. The van der Waals surface area contributed by atoms with E-state index in [1.54, 1.807) is 30.3 Å². The van der Waals surface area contributed by atoms with Crippen LogP contribution in [0.25, 0.3) is 0 Å². The molecule has 0 aliphatic carbocycles. The highest BCUT2D eigenvalue weighted by atomic mass is 35.5. The molecule has 0 radical (unpaired) electrons. The van der Waals surface area contributed by atoms with Gasteiger partial charge in [-0.1, -0.05) is 29.8 Å². The summed E-state index contributed by atoms with van der Waals surface area (Å²) in [5.74, 6) is -0.361. The number of sulfonamides is 1. The number of rotatable bonds is 9. The van der Waals surface area contributed by atoms with E-state index in [-0.39, 0.29) is 27.5 Å². The van der Waals surface area contributed by atoms with Crippen molar-refractivity contribution in [2.75, 3.05) is 24.5 Å². The Balaban J connectivity index is 2.15. The van der Waals surface area contributed by atoms with Gasteiger partial charge in [-0.25, -0.2) is 8.42 Å². The van der Waals surface area contributed by atoms with Crippen LogP contribution in [0.5, 0.6) is 0 Å². The van der Waals surface area contributed by atoms with Crippen LogP contribution in [0.15, 0.2) is 53.4 Å². The first-order valence-electron chi connectivity index (χ1n) is 8.97. The minimum absolute atomic E-state index is 0.0599. The van der Waals surface area contributed by atoms with E-state index < -0.39 is 10.0 Å². The number of ether oxygens (including phenoxy) is 1. The first-order chi connectivity index (χ1) is 13.2. The lowest BCUT2D eigenvalue weighted by Gasteiger charge is -2.20. The zero-order valence-electron chi connectivity index (χ0n) is 16.2. The SMILES string of the molecule is CC(C)OCCCNC(=O)c1ccc(Cl)c(S(=O)(=O)N(C)c2ccccc2)c1. The average Bonchev–Trinajstić information content (AvgIpc) is 2.67. The van der Waals surface area contributed by atoms with E-state index in [0.717, 1.165) is 4.31 Å². The fraction of sp³-hybridized carbons (Fsp3) is 0.350. The molecule has 6 nitrogen and oxygen atoms in total. The van der Waals surface area contributed by atoms with Crippen molar-refractivity contribution in [2.24, 2.45) is 0 Å². The molecule has 0 saturated heterocycles. The van der Waals surface area contributed by atoms with Gasteiger partial charge in [0.1, 0.15) is 4.90 Å². The predicted octanol–water partition coefficient (Wildman–Crippen LogP) is 3.71. The Labute approximate surface area is 171 Å². The van der Waals surface area contributed by atoms with Gasteiger partial charge < -0.3 is 10.1 Å². The van der Waals surface area contributed by atoms with E-state index in [0.29, 0.717) is 25.3 Å². The van der Waals surface area contributed by atoms with Gasteiger partial charge in [-0.05, 0) is 50.6 Å².